The molecule has 4 saturated carbocycles. The maximum atomic E-state index is 5.38. The summed E-state index contributed by atoms with van der Waals surface area (Å²) in [5.74, 6) is 3.20. The van der Waals surface area contributed by atoms with Gasteiger partial charge in [-0.2, -0.15) is 0 Å². The summed E-state index contributed by atoms with van der Waals surface area (Å²) in [7, 11) is 0. The molecule has 1 heterocycles. The fourth-order valence-corrected chi connectivity index (χ4v) is 5.88. The molecule has 0 aromatic rings. The smallest absolute Gasteiger partial charge is 0.0554 e. The van der Waals surface area contributed by atoms with Gasteiger partial charge in [-0.25, -0.2) is 0 Å². The molecule has 5 fully saturated rings. The highest BCUT2D eigenvalue weighted by Gasteiger charge is 2.53. The van der Waals surface area contributed by atoms with Gasteiger partial charge in [0.05, 0.1) is 13.2 Å². The van der Waals surface area contributed by atoms with Crippen LogP contribution in [0.25, 0.3) is 0 Å². The van der Waals surface area contributed by atoms with Crippen LogP contribution in [0.15, 0.2) is 0 Å². The monoisotopic (exact) mass is 263 g/mol. The lowest BCUT2D eigenvalue weighted by Gasteiger charge is -2.59. The normalized spacial score (nSPS) is 48.0. The lowest BCUT2D eigenvalue weighted by atomic mass is 9.48. The first-order chi connectivity index (χ1) is 9.07. The van der Waals surface area contributed by atoms with Gasteiger partial charge in [-0.05, 0) is 68.6 Å². The molecule has 1 unspecified atom stereocenters. The minimum Gasteiger partial charge on any atom is -0.380 e. The van der Waals surface area contributed by atoms with Crippen molar-refractivity contribution in [3.8, 4) is 0 Å². The molecule has 5 aliphatic rings. The maximum Gasteiger partial charge on any atom is 0.0554 e. The molecule has 0 amide bonds. The summed E-state index contributed by atoms with van der Waals surface area (Å²) in [6.07, 6.45) is 9.20. The maximum absolute atomic E-state index is 5.38. The van der Waals surface area contributed by atoms with Crippen LogP contribution in [0.3, 0.4) is 0 Å². The Morgan fingerprint density at radius 2 is 1.58 bits per heavy atom. The molecule has 2 heteroatoms. The highest BCUT2D eigenvalue weighted by molar-refractivity contribution is 5.05. The van der Waals surface area contributed by atoms with E-state index in [1.54, 1.807) is 19.3 Å². The molecule has 1 aliphatic heterocycles. The Labute approximate surface area is 117 Å². The summed E-state index contributed by atoms with van der Waals surface area (Å²) < 4.78 is 5.38. The van der Waals surface area contributed by atoms with Gasteiger partial charge in [-0.1, -0.05) is 6.92 Å². The van der Waals surface area contributed by atoms with Crippen LogP contribution in [-0.4, -0.2) is 25.8 Å². The summed E-state index contributed by atoms with van der Waals surface area (Å²) in [4.78, 5) is 0. The van der Waals surface area contributed by atoms with E-state index >= 15 is 0 Å². The van der Waals surface area contributed by atoms with Gasteiger partial charge in [0.25, 0.3) is 0 Å². The molecule has 4 aliphatic carbocycles. The fraction of sp³-hybridized carbons (Fsp3) is 1.00. The molecule has 1 saturated heterocycles. The molecule has 4 bridgehead atoms. The third-order valence-electron chi connectivity index (χ3n) is 6.74. The van der Waals surface area contributed by atoms with E-state index in [1.807, 2.05) is 0 Å². The van der Waals surface area contributed by atoms with Crippen LogP contribution < -0.4 is 5.32 Å². The van der Waals surface area contributed by atoms with Gasteiger partial charge in [-0.3, -0.25) is 0 Å². The second-order valence-electron chi connectivity index (χ2n) is 8.69. The van der Waals surface area contributed by atoms with Crippen LogP contribution in [0, 0.1) is 28.6 Å². The van der Waals surface area contributed by atoms with Gasteiger partial charge in [0, 0.05) is 18.0 Å². The van der Waals surface area contributed by atoms with E-state index in [0.717, 1.165) is 37.5 Å². The van der Waals surface area contributed by atoms with Crippen LogP contribution in [0.5, 0.6) is 0 Å². The van der Waals surface area contributed by atoms with E-state index in [9.17, 15) is 0 Å². The predicted molar refractivity (Wildman–Crippen MR) is 77.0 cm³/mol. The van der Waals surface area contributed by atoms with Gasteiger partial charge in [0.15, 0.2) is 0 Å². The average molecular weight is 263 g/mol. The Morgan fingerprint density at radius 3 is 2.00 bits per heavy atom. The van der Waals surface area contributed by atoms with Crippen molar-refractivity contribution in [1.29, 1.82) is 0 Å². The lowest BCUT2D eigenvalue weighted by molar-refractivity contribution is -0.108. The third kappa shape index (κ3) is 2.06. The zero-order valence-corrected chi connectivity index (χ0v) is 12.6. The van der Waals surface area contributed by atoms with Crippen molar-refractivity contribution in [2.24, 2.45) is 28.6 Å². The van der Waals surface area contributed by atoms with Gasteiger partial charge in [0.2, 0.25) is 0 Å². The summed E-state index contributed by atoms with van der Waals surface area (Å²) in [5.41, 5.74) is 1.06. The van der Waals surface area contributed by atoms with Crippen LogP contribution in [0.4, 0.5) is 0 Å². The van der Waals surface area contributed by atoms with E-state index in [4.69, 9.17) is 4.74 Å². The molecule has 1 N–H and O–H groups in total. The topological polar surface area (TPSA) is 21.3 Å². The van der Waals surface area contributed by atoms with Crippen molar-refractivity contribution in [2.45, 2.75) is 58.4 Å². The summed E-state index contributed by atoms with van der Waals surface area (Å²) >= 11 is 0. The van der Waals surface area contributed by atoms with Crippen molar-refractivity contribution in [3.63, 3.8) is 0 Å². The van der Waals surface area contributed by atoms with Crippen LogP contribution >= 0.6 is 0 Å². The highest BCUT2D eigenvalue weighted by Crippen LogP contribution is 2.61. The number of hydrogen-bond donors (Lipinski definition) is 1. The fourth-order valence-electron chi connectivity index (χ4n) is 5.88. The van der Waals surface area contributed by atoms with Crippen LogP contribution in [-0.2, 0) is 4.74 Å². The molecule has 0 aromatic heterocycles. The van der Waals surface area contributed by atoms with Crippen molar-refractivity contribution in [3.05, 3.63) is 0 Å². The third-order valence-corrected chi connectivity index (χ3v) is 6.74. The predicted octanol–water partition coefficient (Wildman–Crippen LogP) is 3.22. The quantitative estimate of drug-likeness (QED) is 0.841. The SMILES string of the molecule is CC(NCC1(C)COC1)C12CC3CC(CC(C3)C1)C2. The lowest BCUT2D eigenvalue weighted by Crippen LogP contribution is -2.57. The van der Waals surface area contributed by atoms with E-state index in [1.165, 1.54) is 19.3 Å². The molecule has 0 spiro atoms. The Kier molecular flexibility index (Phi) is 2.80. The average Bonchev–Trinajstić information content (AvgIpc) is 2.32. The van der Waals surface area contributed by atoms with E-state index in [0.29, 0.717) is 16.9 Å². The van der Waals surface area contributed by atoms with Gasteiger partial charge >= 0.3 is 0 Å². The Hall–Kier alpha value is -0.0800. The first-order valence-electron chi connectivity index (χ1n) is 8.38. The number of rotatable bonds is 4. The second-order valence-corrected chi connectivity index (χ2v) is 8.69. The largest absolute Gasteiger partial charge is 0.380 e. The minimum absolute atomic E-state index is 0.413. The molecule has 1 atom stereocenters. The van der Waals surface area contributed by atoms with Crippen molar-refractivity contribution < 1.29 is 4.74 Å². The Bertz CT molecular complexity index is 325. The molecule has 108 valence electrons. The summed E-state index contributed by atoms with van der Waals surface area (Å²) in [6, 6.07) is 0.707. The molecule has 0 aromatic carbocycles. The van der Waals surface area contributed by atoms with E-state index in [2.05, 4.69) is 19.2 Å². The molecule has 5 rings (SSSR count). The van der Waals surface area contributed by atoms with E-state index in [-0.39, 0.29) is 0 Å². The van der Waals surface area contributed by atoms with Crippen LogP contribution in [0.1, 0.15) is 52.4 Å². The Balaban J connectivity index is 1.43. The standard InChI is InChI=1S/C17H29NO/c1-12(18-9-16(2)10-19-11-16)17-6-13-3-14(7-17)5-15(4-13)8-17/h12-15,18H,3-11H2,1-2H3. The minimum atomic E-state index is 0.413. The van der Waals surface area contributed by atoms with Gasteiger partial charge in [-0.15, -0.1) is 0 Å². The second kappa shape index (κ2) is 4.21. The van der Waals surface area contributed by atoms with E-state index < -0.39 is 0 Å². The molecule has 19 heavy (non-hydrogen) atoms. The van der Waals surface area contributed by atoms with Crippen molar-refractivity contribution in [2.75, 3.05) is 19.8 Å². The Morgan fingerprint density at radius 1 is 1.05 bits per heavy atom. The van der Waals surface area contributed by atoms with Gasteiger partial charge < -0.3 is 10.1 Å². The molecular formula is C17H29NO. The van der Waals surface area contributed by atoms with Crippen molar-refractivity contribution >= 4 is 0 Å². The molecule has 2 nitrogen and oxygen atoms in total. The van der Waals surface area contributed by atoms with Crippen molar-refractivity contribution in [1.82, 2.24) is 5.32 Å². The molecule has 0 radical (unpaired) electrons. The zero-order valence-electron chi connectivity index (χ0n) is 12.6. The number of ether oxygens (including phenoxy) is 1. The van der Waals surface area contributed by atoms with Gasteiger partial charge in [0.1, 0.15) is 0 Å². The zero-order chi connectivity index (χ0) is 13.1. The number of nitrogens with one attached hydrogen (secondary N) is 1. The molecular weight excluding hydrogens is 234 g/mol. The first-order valence-corrected chi connectivity index (χ1v) is 8.38. The summed E-state index contributed by atoms with van der Waals surface area (Å²) in [5, 5.41) is 3.90. The summed E-state index contributed by atoms with van der Waals surface area (Å²) in [6.45, 7) is 7.88. The van der Waals surface area contributed by atoms with Crippen LogP contribution in [0.2, 0.25) is 0 Å². The highest BCUT2D eigenvalue weighted by atomic mass is 16.5. The number of hydrogen-bond acceptors (Lipinski definition) is 2. The first kappa shape index (κ1) is 12.6.